The lowest BCUT2D eigenvalue weighted by Crippen LogP contribution is -2.23. The van der Waals surface area contributed by atoms with Gasteiger partial charge in [-0.1, -0.05) is 6.07 Å². The van der Waals surface area contributed by atoms with Crippen LogP contribution in [0.4, 0.5) is 0 Å². The fourth-order valence-electron chi connectivity index (χ4n) is 2.10. The number of carbonyl (C=O) groups is 2. The molecule has 3 heteroatoms. The summed E-state index contributed by atoms with van der Waals surface area (Å²) in [5.41, 5.74) is 1.98. The lowest BCUT2D eigenvalue weighted by molar-refractivity contribution is -0.121. The molecule has 0 aromatic heterocycles. The maximum Gasteiger partial charge on any atom is 0.337 e. The van der Waals surface area contributed by atoms with E-state index in [2.05, 4.69) is 4.74 Å². The van der Waals surface area contributed by atoms with Crippen molar-refractivity contribution in [1.29, 1.82) is 0 Å². The number of ether oxygens (including phenoxy) is 1. The van der Waals surface area contributed by atoms with Gasteiger partial charge in [-0.3, -0.25) is 4.79 Å². The third-order valence-electron chi connectivity index (χ3n) is 3.25. The molecule has 0 aliphatic heterocycles. The van der Waals surface area contributed by atoms with E-state index >= 15 is 0 Å². The van der Waals surface area contributed by atoms with Crippen LogP contribution in [0.1, 0.15) is 35.3 Å². The molecule has 1 aliphatic carbocycles. The summed E-state index contributed by atoms with van der Waals surface area (Å²) in [4.78, 5) is 23.2. The lowest BCUT2D eigenvalue weighted by Gasteiger charge is -2.17. The van der Waals surface area contributed by atoms with Crippen LogP contribution in [0.25, 0.3) is 0 Å². The van der Waals surface area contributed by atoms with Gasteiger partial charge in [0.25, 0.3) is 0 Å². The molecule has 3 nitrogen and oxygen atoms in total. The van der Waals surface area contributed by atoms with Crippen molar-refractivity contribution in [2.75, 3.05) is 7.11 Å². The van der Waals surface area contributed by atoms with E-state index in [-0.39, 0.29) is 11.8 Å². The number of rotatable bonds is 1. The molecule has 1 aliphatic rings. The molecule has 0 saturated heterocycles. The fraction of sp³-hybridized carbons (Fsp3) is 0.385. The van der Waals surface area contributed by atoms with Crippen molar-refractivity contribution in [3.63, 3.8) is 0 Å². The first-order valence-electron chi connectivity index (χ1n) is 5.22. The maximum absolute atomic E-state index is 11.8. The zero-order valence-corrected chi connectivity index (χ0v) is 9.66. The number of fused-ring (bicyclic) bond motifs is 1. The first-order chi connectivity index (χ1) is 7.46. The second-order valence-electron chi connectivity index (χ2n) is 4.59. The SMILES string of the molecule is COC(=O)c1ccc2c(c1)C(C)(C)C(=O)C2. The Kier molecular flexibility index (Phi) is 2.34. The van der Waals surface area contributed by atoms with Crippen LogP contribution < -0.4 is 0 Å². The van der Waals surface area contributed by atoms with E-state index < -0.39 is 5.41 Å². The number of ketones is 1. The third-order valence-corrected chi connectivity index (χ3v) is 3.25. The number of methoxy groups -OCH3 is 1. The van der Waals surface area contributed by atoms with Crippen molar-refractivity contribution in [2.24, 2.45) is 0 Å². The van der Waals surface area contributed by atoms with E-state index in [9.17, 15) is 9.59 Å². The second-order valence-corrected chi connectivity index (χ2v) is 4.59. The van der Waals surface area contributed by atoms with Crippen LogP contribution in [0, 0.1) is 0 Å². The summed E-state index contributed by atoms with van der Waals surface area (Å²) in [5.74, 6) is -0.164. The van der Waals surface area contributed by atoms with E-state index in [4.69, 9.17) is 0 Å². The topological polar surface area (TPSA) is 43.4 Å². The van der Waals surface area contributed by atoms with E-state index in [0.717, 1.165) is 11.1 Å². The Morgan fingerprint density at radius 1 is 1.38 bits per heavy atom. The molecule has 0 bridgehead atoms. The first-order valence-corrected chi connectivity index (χ1v) is 5.22. The minimum Gasteiger partial charge on any atom is -0.465 e. The Morgan fingerprint density at radius 3 is 2.69 bits per heavy atom. The standard InChI is InChI=1S/C13H14O3/c1-13(2)10-6-9(12(15)16-3)5-4-8(10)7-11(13)14/h4-6H,7H2,1-3H3. The Labute approximate surface area is 94.4 Å². The van der Waals surface area contributed by atoms with Gasteiger partial charge in [0, 0.05) is 11.8 Å². The van der Waals surface area contributed by atoms with Crippen molar-refractivity contribution in [2.45, 2.75) is 25.7 Å². The molecule has 0 unspecified atom stereocenters. The highest BCUT2D eigenvalue weighted by atomic mass is 16.5. The van der Waals surface area contributed by atoms with Crippen molar-refractivity contribution in [3.8, 4) is 0 Å². The second kappa shape index (κ2) is 3.44. The van der Waals surface area contributed by atoms with Gasteiger partial charge in [0.2, 0.25) is 0 Å². The molecule has 1 aromatic rings. The smallest absolute Gasteiger partial charge is 0.337 e. The van der Waals surface area contributed by atoms with Gasteiger partial charge < -0.3 is 4.74 Å². The lowest BCUT2D eigenvalue weighted by atomic mass is 9.85. The molecule has 0 amide bonds. The third kappa shape index (κ3) is 1.43. The summed E-state index contributed by atoms with van der Waals surface area (Å²) in [6, 6.07) is 5.32. The van der Waals surface area contributed by atoms with Crippen LogP contribution in [0.15, 0.2) is 18.2 Å². The average Bonchev–Trinajstić information content (AvgIpc) is 2.49. The molecule has 0 N–H and O–H groups in total. The molecule has 0 fully saturated rings. The molecule has 1 aromatic carbocycles. The van der Waals surface area contributed by atoms with Crippen molar-refractivity contribution in [1.82, 2.24) is 0 Å². The van der Waals surface area contributed by atoms with Gasteiger partial charge in [0.1, 0.15) is 5.78 Å². The minimum absolute atomic E-state index is 0.199. The largest absolute Gasteiger partial charge is 0.465 e. The van der Waals surface area contributed by atoms with E-state index in [1.807, 2.05) is 19.9 Å². The summed E-state index contributed by atoms with van der Waals surface area (Å²) in [7, 11) is 1.35. The summed E-state index contributed by atoms with van der Waals surface area (Å²) < 4.78 is 4.67. The van der Waals surface area contributed by atoms with Crippen molar-refractivity contribution < 1.29 is 14.3 Å². The number of Topliss-reactive ketones (excluding diaryl/α,β-unsaturated/α-hetero) is 1. The number of carbonyl (C=O) groups excluding carboxylic acids is 2. The Bertz CT molecular complexity index is 472. The molecular formula is C13H14O3. The highest BCUT2D eigenvalue weighted by Crippen LogP contribution is 2.36. The summed E-state index contributed by atoms with van der Waals surface area (Å²) in [6.45, 7) is 3.78. The van der Waals surface area contributed by atoms with Gasteiger partial charge >= 0.3 is 5.97 Å². The van der Waals surface area contributed by atoms with Crippen LogP contribution in [0.2, 0.25) is 0 Å². The molecule has 0 atom stereocenters. The number of hydrogen-bond acceptors (Lipinski definition) is 3. The average molecular weight is 218 g/mol. The van der Waals surface area contributed by atoms with E-state index in [1.54, 1.807) is 12.1 Å². The van der Waals surface area contributed by atoms with Gasteiger partial charge in [-0.15, -0.1) is 0 Å². The van der Waals surface area contributed by atoms with Gasteiger partial charge in [-0.2, -0.15) is 0 Å². The zero-order chi connectivity index (χ0) is 11.9. The summed E-state index contributed by atoms with van der Waals surface area (Å²) in [5, 5.41) is 0. The fourth-order valence-corrected chi connectivity index (χ4v) is 2.10. The van der Waals surface area contributed by atoms with Crippen molar-refractivity contribution in [3.05, 3.63) is 34.9 Å². The van der Waals surface area contributed by atoms with Gasteiger partial charge in [0.05, 0.1) is 12.7 Å². The molecule has 84 valence electrons. The number of benzene rings is 1. The zero-order valence-electron chi connectivity index (χ0n) is 9.66. The van der Waals surface area contributed by atoms with E-state index in [0.29, 0.717) is 12.0 Å². The summed E-state index contributed by atoms with van der Waals surface area (Å²) in [6.07, 6.45) is 0.462. The van der Waals surface area contributed by atoms with E-state index in [1.165, 1.54) is 7.11 Å². The molecule has 0 saturated carbocycles. The van der Waals surface area contributed by atoms with Gasteiger partial charge in [0.15, 0.2) is 0 Å². The van der Waals surface area contributed by atoms with Crippen LogP contribution in [0.5, 0.6) is 0 Å². The molecule has 0 radical (unpaired) electrons. The highest BCUT2D eigenvalue weighted by molar-refractivity contribution is 5.97. The number of hydrogen-bond donors (Lipinski definition) is 0. The molecule has 2 rings (SSSR count). The van der Waals surface area contributed by atoms with Crippen LogP contribution in [-0.2, 0) is 21.4 Å². The predicted molar refractivity (Wildman–Crippen MR) is 59.5 cm³/mol. The molecular weight excluding hydrogens is 204 g/mol. The first kappa shape index (κ1) is 10.9. The van der Waals surface area contributed by atoms with Crippen LogP contribution in [0.3, 0.4) is 0 Å². The van der Waals surface area contributed by atoms with Gasteiger partial charge in [-0.05, 0) is 37.1 Å². The van der Waals surface area contributed by atoms with Crippen molar-refractivity contribution >= 4 is 11.8 Å². The quantitative estimate of drug-likeness (QED) is 0.676. The minimum atomic E-state index is -0.487. The normalized spacial score (nSPS) is 17.1. The van der Waals surface area contributed by atoms with Crippen LogP contribution in [-0.4, -0.2) is 18.9 Å². The molecule has 0 spiro atoms. The molecule has 16 heavy (non-hydrogen) atoms. The number of esters is 1. The predicted octanol–water partition coefficient (Wildman–Crippen LogP) is 1.88. The molecule has 0 heterocycles. The Balaban J connectivity index is 2.52. The van der Waals surface area contributed by atoms with Gasteiger partial charge in [-0.25, -0.2) is 4.79 Å². The monoisotopic (exact) mass is 218 g/mol. The Hall–Kier alpha value is -1.64. The Morgan fingerprint density at radius 2 is 2.06 bits per heavy atom. The highest BCUT2D eigenvalue weighted by Gasteiger charge is 2.38. The summed E-state index contributed by atoms with van der Waals surface area (Å²) >= 11 is 0. The van der Waals surface area contributed by atoms with Crippen LogP contribution >= 0.6 is 0 Å². The maximum atomic E-state index is 11.8.